The molecule has 0 saturated carbocycles. The second-order valence-corrected chi connectivity index (χ2v) is 10.4. The highest BCUT2D eigenvalue weighted by Gasteiger charge is 2.36. The van der Waals surface area contributed by atoms with E-state index >= 15 is 0 Å². The van der Waals surface area contributed by atoms with Gasteiger partial charge in [-0.25, -0.2) is 4.68 Å². The second kappa shape index (κ2) is 10.9. The molecule has 1 aromatic heterocycles. The molecule has 7 nitrogen and oxygen atoms in total. The first-order valence-electron chi connectivity index (χ1n) is 11.4. The van der Waals surface area contributed by atoms with Crippen molar-refractivity contribution in [3.8, 4) is 0 Å². The summed E-state index contributed by atoms with van der Waals surface area (Å²) in [6.45, 7) is 10.6. The molecule has 2 N–H and O–H groups in total. The van der Waals surface area contributed by atoms with E-state index in [4.69, 9.17) is 4.89 Å². The van der Waals surface area contributed by atoms with E-state index in [1.807, 2.05) is 6.92 Å². The molecule has 1 aliphatic carbocycles. The number of fused-ring (bicyclic) bond motifs is 1. The molecule has 8 heteroatoms. The first-order valence-corrected chi connectivity index (χ1v) is 12.7. The fourth-order valence-corrected chi connectivity index (χ4v) is 4.54. The molecule has 0 radical (unpaired) electrons. The van der Waals surface area contributed by atoms with Crippen LogP contribution in [0.3, 0.4) is 0 Å². The number of benzene rings is 1. The number of nitrogens with zero attached hydrogens (tertiary/aromatic N) is 2. The fraction of sp³-hybridized carbons (Fsp3) is 0.583. The van der Waals surface area contributed by atoms with Gasteiger partial charge in [0.15, 0.2) is 0 Å². The normalized spacial score (nSPS) is 18.3. The summed E-state index contributed by atoms with van der Waals surface area (Å²) in [6.07, 6.45) is 3.70. The lowest BCUT2D eigenvalue weighted by Gasteiger charge is -2.36. The van der Waals surface area contributed by atoms with Crippen molar-refractivity contribution in [2.24, 2.45) is 11.3 Å². The van der Waals surface area contributed by atoms with Crippen molar-refractivity contribution in [1.82, 2.24) is 15.1 Å². The number of carbonyl (C=O) groups is 1. The molecule has 0 saturated heterocycles. The van der Waals surface area contributed by atoms with Gasteiger partial charge in [0, 0.05) is 13.0 Å². The van der Waals surface area contributed by atoms with Crippen LogP contribution in [0.4, 0.5) is 0 Å². The van der Waals surface area contributed by atoms with E-state index in [1.54, 1.807) is 4.68 Å². The zero-order valence-corrected chi connectivity index (χ0v) is 20.6. The zero-order valence-electron chi connectivity index (χ0n) is 19.6. The molecule has 176 valence electrons. The van der Waals surface area contributed by atoms with E-state index in [2.05, 4.69) is 60.0 Å². The minimum atomic E-state index is -2.83. The van der Waals surface area contributed by atoms with Gasteiger partial charge in [0.25, 0.3) is 0 Å². The summed E-state index contributed by atoms with van der Waals surface area (Å²) in [4.78, 5) is 21.6. The lowest BCUT2D eigenvalue weighted by atomic mass is 9.69. The van der Waals surface area contributed by atoms with E-state index in [0.29, 0.717) is 25.2 Å². The van der Waals surface area contributed by atoms with Crippen LogP contribution >= 0.6 is 8.25 Å². The molecule has 0 aliphatic heterocycles. The third kappa shape index (κ3) is 6.38. The first kappa shape index (κ1) is 24.8. The van der Waals surface area contributed by atoms with Gasteiger partial charge in [0.05, 0.1) is 18.0 Å². The highest BCUT2D eigenvalue weighted by Crippen LogP contribution is 2.40. The van der Waals surface area contributed by atoms with Crippen LogP contribution in [0.2, 0.25) is 0 Å². The van der Waals surface area contributed by atoms with Crippen molar-refractivity contribution in [1.29, 1.82) is 0 Å². The Kier molecular flexibility index (Phi) is 8.45. The number of rotatable bonds is 10. The van der Waals surface area contributed by atoms with Gasteiger partial charge < -0.3 is 14.7 Å². The Morgan fingerprint density at radius 2 is 2.00 bits per heavy atom. The number of aromatic nitrogens is 2. The molecule has 1 heterocycles. The SMILES string of the molecule is Cc1nn(C(=O)CCc2ccc(CNCCCO[PH](=O)O)cc2)c2c1CC(C)(C)[C@H](C)C2. The van der Waals surface area contributed by atoms with Gasteiger partial charge in [-0.1, -0.05) is 45.0 Å². The lowest BCUT2D eigenvalue weighted by molar-refractivity contribution is 0.0877. The van der Waals surface area contributed by atoms with Gasteiger partial charge in [0.1, 0.15) is 0 Å². The minimum Gasteiger partial charge on any atom is -0.326 e. The third-order valence-corrected chi connectivity index (χ3v) is 7.15. The predicted molar refractivity (Wildman–Crippen MR) is 126 cm³/mol. The molecule has 1 unspecified atom stereocenters. The average Bonchev–Trinajstić information content (AvgIpc) is 3.04. The summed E-state index contributed by atoms with van der Waals surface area (Å²) in [7, 11) is -2.83. The Bertz CT molecular complexity index is 953. The Hall–Kier alpha value is -1.79. The summed E-state index contributed by atoms with van der Waals surface area (Å²) in [5.74, 6) is 0.589. The Labute approximate surface area is 191 Å². The first-order chi connectivity index (χ1) is 15.2. The summed E-state index contributed by atoms with van der Waals surface area (Å²) in [5, 5.41) is 7.89. The molecule has 2 aromatic rings. The topological polar surface area (TPSA) is 93.5 Å². The van der Waals surface area contributed by atoms with Gasteiger partial charge in [-0.3, -0.25) is 9.36 Å². The number of carbonyl (C=O) groups excluding carboxylic acids is 1. The highest BCUT2D eigenvalue weighted by atomic mass is 31.1. The molecule has 0 amide bonds. The molecule has 1 aliphatic rings. The minimum absolute atomic E-state index is 0.0691. The Morgan fingerprint density at radius 1 is 1.31 bits per heavy atom. The highest BCUT2D eigenvalue weighted by molar-refractivity contribution is 7.32. The molecule has 0 fully saturated rings. The van der Waals surface area contributed by atoms with Crippen molar-refractivity contribution < 1.29 is 18.8 Å². The van der Waals surface area contributed by atoms with Crippen molar-refractivity contribution in [3.63, 3.8) is 0 Å². The van der Waals surface area contributed by atoms with Crippen LogP contribution in [0.15, 0.2) is 24.3 Å². The molecule has 0 spiro atoms. The van der Waals surface area contributed by atoms with Gasteiger partial charge >= 0.3 is 8.25 Å². The molecule has 3 rings (SSSR count). The summed E-state index contributed by atoms with van der Waals surface area (Å²) >= 11 is 0. The third-order valence-electron chi connectivity index (χ3n) is 6.70. The zero-order chi connectivity index (χ0) is 23.3. The maximum absolute atomic E-state index is 13.0. The summed E-state index contributed by atoms with van der Waals surface area (Å²) < 4.78 is 16.8. The number of aryl methyl sites for hydroxylation is 2. The molecule has 32 heavy (non-hydrogen) atoms. The second-order valence-electron chi connectivity index (χ2n) is 9.55. The summed E-state index contributed by atoms with van der Waals surface area (Å²) in [5.41, 5.74) is 5.89. The molecular formula is C24H36N3O4P. The fourth-order valence-electron chi connectivity index (χ4n) is 4.22. The van der Waals surface area contributed by atoms with Crippen molar-refractivity contribution in [2.75, 3.05) is 13.2 Å². The van der Waals surface area contributed by atoms with Crippen LogP contribution < -0.4 is 5.32 Å². The average molecular weight is 462 g/mol. The molecule has 1 aromatic carbocycles. The van der Waals surface area contributed by atoms with Crippen LogP contribution in [-0.4, -0.2) is 33.7 Å². The van der Waals surface area contributed by atoms with Crippen LogP contribution in [-0.2, 0) is 34.9 Å². The largest absolute Gasteiger partial charge is 0.326 e. The van der Waals surface area contributed by atoms with Crippen LogP contribution in [0.5, 0.6) is 0 Å². The molecule has 0 bridgehead atoms. The number of hydrogen-bond donors (Lipinski definition) is 2. The van der Waals surface area contributed by atoms with Gasteiger partial charge in [-0.05, 0) is 67.2 Å². The van der Waals surface area contributed by atoms with Crippen molar-refractivity contribution in [2.45, 2.75) is 66.3 Å². The van der Waals surface area contributed by atoms with Crippen LogP contribution in [0.25, 0.3) is 0 Å². The van der Waals surface area contributed by atoms with E-state index < -0.39 is 8.25 Å². The van der Waals surface area contributed by atoms with Crippen molar-refractivity contribution >= 4 is 14.2 Å². The number of nitrogens with one attached hydrogen (secondary N) is 1. The standard InChI is InChI=1S/C24H36N3O4P/c1-17-14-22-21(15-24(17,3)4)18(2)26-27(22)23(28)11-10-19-6-8-20(9-7-19)16-25-12-5-13-31-32(29)30/h6-9,17,25,32H,5,10-16H2,1-4H3,(H,29,30)/t17-/m1/s1. The number of hydrogen-bond acceptors (Lipinski definition) is 5. The van der Waals surface area contributed by atoms with Gasteiger partial charge in [0.2, 0.25) is 5.91 Å². The van der Waals surface area contributed by atoms with Gasteiger partial charge in [-0.2, -0.15) is 5.10 Å². The predicted octanol–water partition coefficient (Wildman–Crippen LogP) is 4.10. The van der Waals surface area contributed by atoms with E-state index in [1.165, 1.54) is 5.56 Å². The van der Waals surface area contributed by atoms with E-state index in [9.17, 15) is 9.36 Å². The Balaban J connectivity index is 1.49. The van der Waals surface area contributed by atoms with Crippen LogP contribution in [0.1, 0.15) is 66.5 Å². The van der Waals surface area contributed by atoms with Crippen molar-refractivity contribution in [3.05, 3.63) is 52.3 Å². The summed E-state index contributed by atoms with van der Waals surface area (Å²) in [6, 6.07) is 8.28. The maximum atomic E-state index is 13.0. The molecule has 2 atom stereocenters. The quantitative estimate of drug-likeness (QED) is 0.409. The molecular weight excluding hydrogens is 425 g/mol. The lowest BCUT2D eigenvalue weighted by Crippen LogP contribution is -2.32. The van der Waals surface area contributed by atoms with E-state index in [0.717, 1.165) is 48.4 Å². The van der Waals surface area contributed by atoms with E-state index in [-0.39, 0.29) is 17.9 Å². The van der Waals surface area contributed by atoms with Crippen LogP contribution in [0, 0.1) is 18.3 Å². The smallest absolute Gasteiger partial charge is 0.316 e. The monoisotopic (exact) mass is 461 g/mol. The Morgan fingerprint density at radius 3 is 2.69 bits per heavy atom. The van der Waals surface area contributed by atoms with Gasteiger partial charge in [-0.15, -0.1) is 0 Å². The maximum Gasteiger partial charge on any atom is 0.316 e.